The van der Waals surface area contributed by atoms with E-state index in [9.17, 15) is 9.18 Å². The van der Waals surface area contributed by atoms with Crippen LogP contribution in [-0.4, -0.2) is 40.8 Å². The second-order valence-corrected chi connectivity index (χ2v) is 6.82. The third-order valence-corrected chi connectivity index (χ3v) is 4.90. The summed E-state index contributed by atoms with van der Waals surface area (Å²) in [6.07, 6.45) is 5.66. The van der Waals surface area contributed by atoms with Gasteiger partial charge in [-0.15, -0.1) is 0 Å². The van der Waals surface area contributed by atoms with Crippen molar-refractivity contribution in [2.45, 2.75) is 18.9 Å². The Morgan fingerprint density at radius 2 is 2.04 bits per heavy atom. The Hall–Kier alpha value is -2.89. The summed E-state index contributed by atoms with van der Waals surface area (Å²) < 4.78 is 16.1. The van der Waals surface area contributed by atoms with E-state index in [1.807, 2.05) is 47.9 Å². The molecule has 6 heteroatoms. The zero-order valence-corrected chi connectivity index (χ0v) is 14.9. The van der Waals surface area contributed by atoms with Crippen LogP contribution in [0.1, 0.15) is 34.9 Å². The third-order valence-electron chi connectivity index (χ3n) is 4.90. The van der Waals surface area contributed by atoms with Crippen molar-refractivity contribution in [2.75, 3.05) is 25.5 Å². The molecule has 1 amide bonds. The van der Waals surface area contributed by atoms with Gasteiger partial charge < -0.3 is 14.2 Å². The number of aromatic nitrogens is 2. The van der Waals surface area contributed by atoms with E-state index in [1.54, 1.807) is 23.1 Å². The number of benzene rings is 1. The maximum atomic E-state index is 14.1. The van der Waals surface area contributed by atoms with Crippen molar-refractivity contribution in [3.8, 4) is 0 Å². The molecule has 0 bridgehead atoms. The summed E-state index contributed by atoms with van der Waals surface area (Å²) in [5.41, 5.74) is 1.97. The van der Waals surface area contributed by atoms with E-state index in [-0.39, 0.29) is 17.5 Å². The Bertz CT molecular complexity index is 965. The van der Waals surface area contributed by atoms with Gasteiger partial charge in [-0.1, -0.05) is 12.1 Å². The molecular formula is C20H21FN4O. The SMILES string of the molecule is CN(C)c1nc(C2CCCN2C(=O)c2ccccc2F)cn2cccc12. The Balaban J connectivity index is 1.74. The molecule has 0 aliphatic carbocycles. The van der Waals surface area contributed by atoms with Crippen LogP contribution in [0.3, 0.4) is 0 Å². The Morgan fingerprint density at radius 1 is 1.23 bits per heavy atom. The lowest BCUT2D eigenvalue weighted by Gasteiger charge is -2.26. The molecule has 0 N–H and O–H groups in total. The standard InChI is InChI=1S/C20H21FN4O/c1-23(2)19-18-10-5-11-24(18)13-16(22-19)17-9-6-12-25(17)20(26)14-7-3-4-8-15(14)21/h3-5,7-8,10-11,13,17H,6,9,12H2,1-2H3. The fourth-order valence-corrected chi connectivity index (χ4v) is 3.64. The highest BCUT2D eigenvalue weighted by Gasteiger charge is 2.33. The van der Waals surface area contributed by atoms with Crippen molar-refractivity contribution in [1.29, 1.82) is 0 Å². The number of halogens is 1. The average molecular weight is 352 g/mol. The summed E-state index contributed by atoms with van der Waals surface area (Å²) in [4.78, 5) is 21.5. The molecule has 3 aromatic rings. The maximum absolute atomic E-state index is 14.1. The van der Waals surface area contributed by atoms with E-state index in [0.29, 0.717) is 6.54 Å². The number of amides is 1. The predicted molar refractivity (Wildman–Crippen MR) is 98.9 cm³/mol. The molecule has 2 aromatic heterocycles. The van der Waals surface area contributed by atoms with Crippen molar-refractivity contribution in [1.82, 2.24) is 14.3 Å². The summed E-state index contributed by atoms with van der Waals surface area (Å²) in [5.74, 6) is 0.107. The van der Waals surface area contributed by atoms with Crippen LogP contribution in [-0.2, 0) is 0 Å². The van der Waals surface area contributed by atoms with Crippen LogP contribution in [0.25, 0.3) is 5.52 Å². The molecule has 5 nitrogen and oxygen atoms in total. The average Bonchev–Trinajstić information content (AvgIpc) is 3.29. The second kappa shape index (κ2) is 6.44. The maximum Gasteiger partial charge on any atom is 0.257 e. The normalized spacial score (nSPS) is 17.0. The monoisotopic (exact) mass is 352 g/mol. The van der Waals surface area contributed by atoms with Crippen LogP contribution in [0.4, 0.5) is 10.2 Å². The van der Waals surface area contributed by atoms with Gasteiger partial charge in [0.05, 0.1) is 22.8 Å². The van der Waals surface area contributed by atoms with E-state index in [4.69, 9.17) is 4.98 Å². The summed E-state index contributed by atoms with van der Waals surface area (Å²) in [6, 6.07) is 10.0. The summed E-state index contributed by atoms with van der Waals surface area (Å²) in [5, 5.41) is 0. The Labute approximate surface area is 151 Å². The fraction of sp³-hybridized carbons (Fsp3) is 0.300. The van der Waals surface area contributed by atoms with Gasteiger partial charge in [0.25, 0.3) is 5.91 Å². The van der Waals surface area contributed by atoms with E-state index in [1.165, 1.54) is 6.07 Å². The number of rotatable bonds is 3. The topological polar surface area (TPSA) is 40.9 Å². The van der Waals surface area contributed by atoms with Crippen LogP contribution < -0.4 is 4.90 Å². The molecule has 1 atom stereocenters. The van der Waals surface area contributed by atoms with Gasteiger partial charge in [0.1, 0.15) is 5.82 Å². The van der Waals surface area contributed by atoms with E-state index in [0.717, 1.165) is 29.9 Å². The molecule has 1 unspecified atom stereocenters. The van der Waals surface area contributed by atoms with Gasteiger partial charge in [-0.3, -0.25) is 4.79 Å². The molecular weight excluding hydrogens is 331 g/mol. The zero-order chi connectivity index (χ0) is 18.3. The molecule has 0 spiro atoms. The van der Waals surface area contributed by atoms with Crippen molar-refractivity contribution >= 4 is 17.2 Å². The first-order chi connectivity index (χ1) is 12.6. The number of hydrogen-bond donors (Lipinski definition) is 0. The lowest BCUT2D eigenvalue weighted by atomic mass is 10.1. The minimum Gasteiger partial charge on any atom is -0.361 e. The highest BCUT2D eigenvalue weighted by Crippen LogP contribution is 2.34. The minimum absolute atomic E-state index is 0.120. The van der Waals surface area contributed by atoms with Gasteiger partial charge >= 0.3 is 0 Å². The molecule has 26 heavy (non-hydrogen) atoms. The van der Waals surface area contributed by atoms with Crippen LogP contribution in [0.5, 0.6) is 0 Å². The van der Waals surface area contributed by atoms with Gasteiger partial charge in [0.15, 0.2) is 5.82 Å². The first kappa shape index (κ1) is 16.6. The van der Waals surface area contributed by atoms with E-state index in [2.05, 4.69) is 0 Å². The van der Waals surface area contributed by atoms with Crippen LogP contribution in [0, 0.1) is 5.82 Å². The highest BCUT2D eigenvalue weighted by molar-refractivity contribution is 5.95. The Kier molecular flexibility index (Phi) is 4.11. The van der Waals surface area contributed by atoms with Gasteiger partial charge in [0, 0.05) is 33.0 Å². The lowest BCUT2D eigenvalue weighted by molar-refractivity contribution is 0.0728. The Morgan fingerprint density at radius 3 is 2.81 bits per heavy atom. The molecule has 0 saturated carbocycles. The molecule has 1 saturated heterocycles. The van der Waals surface area contributed by atoms with Crippen LogP contribution in [0.2, 0.25) is 0 Å². The first-order valence-corrected chi connectivity index (χ1v) is 8.76. The largest absolute Gasteiger partial charge is 0.361 e. The third kappa shape index (κ3) is 2.71. The summed E-state index contributed by atoms with van der Waals surface area (Å²) in [7, 11) is 3.91. The van der Waals surface area contributed by atoms with Gasteiger partial charge in [-0.2, -0.15) is 0 Å². The second-order valence-electron chi connectivity index (χ2n) is 6.82. The molecule has 1 fully saturated rings. The number of fused-ring (bicyclic) bond motifs is 1. The first-order valence-electron chi connectivity index (χ1n) is 8.76. The van der Waals surface area contributed by atoms with Crippen LogP contribution in [0.15, 0.2) is 48.8 Å². The van der Waals surface area contributed by atoms with Crippen molar-refractivity contribution in [3.05, 3.63) is 65.9 Å². The summed E-state index contributed by atoms with van der Waals surface area (Å²) >= 11 is 0. The molecule has 1 aliphatic rings. The van der Waals surface area contributed by atoms with Gasteiger partial charge in [0.2, 0.25) is 0 Å². The lowest BCUT2D eigenvalue weighted by Crippen LogP contribution is -2.32. The summed E-state index contributed by atoms with van der Waals surface area (Å²) in [6.45, 7) is 0.612. The van der Waals surface area contributed by atoms with E-state index >= 15 is 0 Å². The molecule has 1 aliphatic heterocycles. The smallest absolute Gasteiger partial charge is 0.257 e. The number of anilines is 1. The van der Waals surface area contributed by atoms with Crippen molar-refractivity contribution in [3.63, 3.8) is 0 Å². The fourth-order valence-electron chi connectivity index (χ4n) is 3.64. The predicted octanol–water partition coefficient (Wildman–Crippen LogP) is 3.52. The molecule has 0 radical (unpaired) electrons. The molecule has 1 aromatic carbocycles. The minimum atomic E-state index is -0.481. The quantitative estimate of drug-likeness (QED) is 0.724. The number of likely N-dealkylation sites (tertiary alicyclic amines) is 1. The van der Waals surface area contributed by atoms with Gasteiger partial charge in [-0.25, -0.2) is 9.37 Å². The molecule has 134 valence electrons. The number of carbonyl (C=O) groups is 1. The van der Waals surface area contributed by atoms with Gasteiger partial charge in [-0.05, 0) is 37.1 Å². The van der Waals surface area contributed by atoms with Crippen molar-refractivity contribution in [2.24, 2.45) is 0 Å². The zero-order valence-electron chi connectivity index (χ0n) is 14.9. The number of nitrogens with zero attached hydrogens (tertiary/aromatic N) is 4. The molecule has 4 rings (SSSR count). The van der Waals surface area contributed by atoms with E-state index < -0.39 is 5.82 Å². The number of carbonyl (C=O) groups excluding carboxylic acids is 1. The highest BCUT2D eigenvalue weighted by atomic mass is 19.1. The van der Waals surface area contributed by atoms with Crippen LogP contribution >= 0.6 is 0 Å². The molecule has 3 heterocycles. The number of hydrogen-bond acceptors (Lipinski definition) is 3. The van der Waals surface area contributed by atoms with Crippen molar-refractivity contribution < 1.29 is 9.18 Å².